The van der Waals surface area contributed by atoms with Crippen LogP contribution in [0.4, 0.5) is 0 Å². The molecule has 3 N–H and O–H groups in total. The second-order valence-corrected chi connectivity index (χ2v) is 16.8. The first kappa shape index (κ1) is 52.8. The molecule has 2 atom stereocenters. The van der Waals surface area contributed by atoms with Crippen molar-refractivity contribution in [3.63, 3.8) is 0 Å². The topological polar surface area (TPSA) is 117 Å². The SMILES string of the molecule is CCCCCCCCCCCCCCCCC=COCC(COP(=O)(O)OCCN)OC(=O)CCC=CCCCCCCCCCCCCCCCCC. The maximum atomic E-state index is 12.6. The van der Waals surface area contributed by atoms with Crippen LogP contribution >= 0.6 is 7.82 Å². The number of ether oxygens (including phenoxy) is 2. The van der Waals surface area contributed by atoms with E-state index in [0.29, 0.717) is 6.42 Å². The standard InChI is InChI=1S/C45H88NO7P/c1-3-5-7-9-11-13-15-17-19-21-22-23-24-26-28-30-32-34-36-38-45(47)53-44(43-52-54(48,49)51-41-39-46)42-50-40-37-35-33-31-29-27-25-20-18-16-14-12-10-8-6-4-2/h32,34,37,40,44H,3-31,33,35-36,38-39,41-43,46H2,1-2H3,(H,48,49). The van der Waals surface area contributed by atoms with Gasteiger partial charge >= 0.3 is 13.8 Å². The van der Waals surface area contributed by atoms with E-state index in [4.69, 9.17) is 24.3 Å². The average molecular weight is 786 g/mol. The van der Waals surface area contributed by atoms with Crippen LogP contribution < -0.4 is 5.73 Å². The molecule has 0 aliphatic rings. The summed E-state index contributed by atoms with van der Waals surface area (Å²) in [7, 11) is -4.30. The lowest BCUT2D eigenvalue weighted by molar-refractivity contribution is -0.153. The summed E-state index contributed by atoms with van der Waals surface area (Å²) >= 11 is 0. The number of allylic oxidation sites excluding steroid dienone is 3. The van der Waals surface area contributed by atoms with Crippen molar-refractivity contribution in [3.05, 3.63) is 24.5 Å². The van der Waals surface area contributed by atoms with E-state index in [-0.39, 0.29) is 32.8 Å². The minimum Gasteiger partial charge on any atom is -0.498 e. The Kier molecular flexibility index (Phi) is 42.0. The van der Waals surface area contributed by atoms with E-state index in [1.807, 2.05) is 12.2 Å². The minimum atomic E-state index is -4.30. The van der Waals surface area contributed by atoms with Crippen LogP contribution in [-0.2, 0) is 27.9 Å². The molecule has 0 fully saturated rings. The van der Waals surface area contributed by atoms with Crippen molar-refractivity contribution in [3.8, 4) is 0 Å². The fourth-order valence-electron chi connectivity index (χ4n) is 6.57. The lowest BCUT2D eigenvalue weighted by Gasteiger charge is -2.19. The van der Waals surface area contributed by atoms with E-state index in [9.17, 15) is 14.3 Å². The Labute approximate surface area is 334 Å². The van der Waals surface area contributed by atoms with Crippen molar-refractivity contribution in [1.29, 1.82) is 0 Å². The van der Waals surface area contributed by atoms with E-state index in [1.54, 1.807) is 6.26 Å². The Morgan fingerprint density at radius 3 is 1.37 bits per heavy atom. The van der Waals surface area contributed by atoms with Crippen LogP contribution in [-0.4, -0.2) is 43.3 Å². The van der Waals surface area contributed by atoms with Gasteiger partial charge in [-0.15, -0.1) is 0 Å². The highest BCUT2D eigenvalue weighted by Gasteiger charge is 2.25. The monoisotopic (exact) mass is 786 g/mol. The summed E-state index contributed by atoms with van der Waals surface area (Å²) in [5, 5.41) is 0. The van der Waals surface area contributed by atoms with E-state index in [2.05, 4.69) is 19.9 Å². The number of hydrogen-bond donors (Lipinski definition) is 2. The quantitative estimate of drug-likeness (QED) is 0.0206. The summed E-state index contributed by atoms with van der Waals surface area (Å²) in [4.78, 5) is 22.4. The second-order valence-electron chi connectivity index (χ2n) is 15.3. The zero-order valence-electron chi connectivity index (χ0n) is 35.5. The van der Waals surface area contributed by atoms with Gasteiger partial charge in [-0.3, -0.25) is 13.8 Å². The van der Waals surface area contributed by atoms with Gasteiger partial charge in [0.2, 0.25) is 0 Å². The Bertz CT molecular complexity index is 884. The van der Waals surface area contributed by atoms with Gasteiger partial charge in [-0.05, 0) is 38.2 Å². The van der Waals surface area contributed by atoms with Crippen LogP contribution in [0.2, 0.25) is 0 Å². The van der Waals surface area contributed by atoms with Crippen LogP contribution in [0.5, 0.6) is 0 Å². The van der Waals surface area contributed by atoms with Gasteiger partial charge < -0.3 is 20.1 Å². The zero-order chi connectivity index (χ0) is 39.5. The summed E-state index contributed by atoms with van der Waals surface area (Å²) in [5.74, 6) is -0.397. The molecular weight excluding hydrogens is 697 g/mol. The highest BCUT2D eigenvalue weighted by Crippen LogP contribution is 2.43. The number of hydrogen-bond acceptors (Lipinski definition) is 7. The van der Waals surface area contributed by atoms with Crippen LogP contribution in [0.3, 0.4) is 0 Å². The Hall–Kier alpha value is -1.18. The highest BCUT2D eigenvalue weighted by atomic mass is 31.2. The third-order valence-corrected chi connectivity index (χ3v) is 10.9. The molecule has 0 radical (unpaired) electrons. The van der Waals surface area contributed by atoms with Gasteiger partial charge in [-0.25, -0.2) is 4.57 Å². The summed E-state index contributed by atoms with van der Waals surface area (Å²) < 4.78 is 33.2. The number of unbranched alkanes of at least 4 members (excludes halogenated alkanes) is 29. The van der Waals surface area contributed by atoms with Crippen molar-refractivity contribution in [2.45, 2.75) is 232 Å². The maximum Gasteiger partial charge on any atom is 0.472 e. The molecule has 9 heteroatoms. The molecule has 0 rings (SSSR count). The van der Waals surface area contributed by atoms with E-state index < -0.39 is 19.9 Å². The van der Waals surface area contributed by atoms with E-state index >= 15 is 0 Å². The summed E-state index contributed by atoms with van der Waals surface area (Å²) in [6, 6.07) is 0. The van der Waals surface area contributed by atoms with Crippen LogP contribution in [0, 0.1) is 0 Å². The smallest absolute Gasteiger partial charge is 0.472 e. The number of esters is 1. The number of carbonyl (C=O) groups excluding carboxylic acids is 1. The third-order valence-electron chi connectivity index (χ3n) is 9.95. The molecule has 8 nitrogen and oxygen atoms in total. The average Bonchev–Trinajstić information content (AvgIpc) is 3.16. The van der Waals surface area contributed by atoms with Crippen molar-refractivity contribution in [2.24, 2.45) is 5.73 Å². The normalized spacial score (nSPS) is 13.6. The molecule has 0 aliphatic carbocycles. The van der Waals surface area contributed by atoms with Crippen LogP contribution in [0.1, 0.15) is 226 Å². The van der Waals surface area contributed by atoms with Gasteiger partial charge in [0.15, 0.2) is 6.10 Å². The number of carbonyl (C=O) groups is 1. The van der Waals surface area contributed by atoms with Crippen LogP contribution in [0.15, 0.2) is 24.5 Å². The first-order valence-corrected chi connectivity index (χ1v) is 24.4. The first-order valence-electron chi connectivity index (χ1n) is 22.9. The molecule has 0 saturated heterocycles. The molecule has 0 bridgehead atoms. The van der Waals surface area contributed by atoms with Crippen molar-refractivity contribution in [2.75, 3.05) is 26.4 Å². The predicted molar refractivity (Wildman–Crippen MR) is 229 cm³/mol. The lowest BCUT2D eigenvalue weighted by atomic mass is 10.0. The fourth-order valence-corrected chi connectivity index (χ4v) is 7.34. The number of phosphoric ester groups is 1. The number of rotatable bonds is 44. The molecule has 0 spiro atoms. The van der Waals surface area contributed by atoms with Gasteiger partial charge in [0.1, 0.15) is 6.61 Å². The van der Waals surface area contributed by atoms with Crippen molar-refractivity contribution < 1.29 is 32.8 Å². The lowest BCUT2D eigenvalue weighted by Crippen LogP contribution is -2.27. The fraction of sp³-hybridized carbons (Fsp3) is 0.889. The Morgan fingerprint density at radius 1 is 0.556 bits per heavy atom. The molecule has 320 valence electrons. The van der Waals surface area contributed by atoms with Gasteiger partial charge in [0, 0.05) is 13.0 Å². The molecule has 0 amide bonds. The Morgan fingerprint density at radius 2 is 0.944 bits per heavy atom. The third kappa shape index (κ3) is 42.0. The van der Waals surface area contributed by atoms with Gasteiger partial charge in [-0.1, -0.05) is 199 Å². The Balaban J connectivity index is 4.06. The molecule has 0 aromatic carbocycles. The molecule has 54 heavy (non-hydrogen) atoms. The first-order chi connectivity index (χ1) is 26.4. The van der Waals surface area contributed by atoms with Crippen molar-refractivity contribution in [1.82, 2.24) is 0 Å². The summed E-state index contributed by atoms with van der Waals surface area (Å²) in [6.07, 6.45) is 48.8. The largest absolute Gasteiger partial charge is 0.498 e. The van der Waals surface area contributed by atoms with Gasteiger partial charge in [0.05, 0.1) is 19.5 Å². The van der Waals surface area contributed by atoms with E-state index in [0.717, 1.165) is 19.3 Å². The predicted octanol–water partition coefficient (Wildman–Crippen LogP) is 14.0. The molecule has 0 aromatic rings. The van der Waals surface area contributed by atoms with Crippen LogP contribution in [0.25, 0.3) is 0 Å². The van der Waals surface area contributed by atoms with Crippen molar-refractivity contribution >= 4 is 13.8 Å². The molecule has 0 heterocycles. The van der Waals surface area contributed by atoms with Gasteiger partial charge in [-0.2, -0.15) is 0 Å². The zero-order valence-corrected chi connectivity index (χ0v) is 36.4. The summed E-state index contributed by atoms with van der Waals surface area (Å²) in [5.41, 5.74) is 5.36. The molecule has 2 unspecified atom stereocenters. The molecule has 0 aromatic heterocycles. The van der Waals surface area contributed by atoms with Gasteiger partial charge in [0.25, 0.3) is 0 Å². The number of phosphoric acid groups is 1. The maximum absolute atomic E-state index is 12.6. The number of nitrogens with two attached hydrogens (primary N) is 1. The molecular formula is C45H88NO7P. The molecule has 0 aliphatic heterocycles. The second kappa shape index (κ2) is 43.0. The minimum absolute atomic E-state index is 0.0207. The molecule has 0 saturated carbocycles. The van der Waals surface area contributed by atoms with E-state index in [1.165, 1.54) is 180 Å². The highest BCUT2D eigenvalue weighted by molar-refractivity contribution is 7.47. The summed E-state index contributed by atoms with van der Waals surface area (Å²) in [6.45, 7) is 4.23.